The van der Waals surface area contributed by atoms with E-state index in [1.54, 1.807) is 25.1 Å². The molecule has 1 atom stereocenters. The molecule has 0 unspecified atom stereocenters. The van der Waals surface area contributed by atoms with Crippen molar-refractivity contribution in [2.45, 2.75) is 37.6 Å². The van der Waals surface area contributed by atoms with E-state index in [4.69, 9.17) is 11.6 Å². The molecule has 31 heavy (non-hydrogen) atoms. The number of nitrogens with one attached hydrogen (secondary N) is 2. The average Bonchev–Trinajstić information content (AvgIpc) is 2.74. The van der Waals surface area contributed by atoms with E-state index in [-0.39, 0.29) is 27.4 Å². The van der Waals surface area contributed by atoms with E-state index in [0.29, 0.717) is 5.69 Å². The van der Waals surface area contributed by atoms with Crippen LogP contribution in [0.25, 0.3) is 0 Å². The molecule has 0 spiro atoms. The lowest BCUT2D eigenvalue weighted by Gasteiger charge is -2.15. The standard InChI is InChI=1S/C24H25ClN2O3S/c1-17-8-6-7-11-22(17)27-31(29,30)23-16-20(14-15-21(23)25)24(28)26-18(2)12-13-19-9-4-3-5-10-19/h3-11,14-16,18,27H,12-13H2,1-2H3,(H,26,28)/t18-/m1/s1. The zero-order valence-electron chi connectivity index (χ0n) is 17.4. The number of hydrogen-bond donors (Lipinski definition) is 2. The number of carbonyl (C=O) groups is 1. The van der Waals surface area contributed by atoms with Gasteiger partial charge in [-0.05, 0) is 62.1 Å². The molecule has 0 radical (unpaired) electrons. The van der Waals surface area contributed by atoms with Gasteiger partial charge in [0.1, 0.15) is 4.90 Å². The van der Waals surface area contributed by atoms with E-state index >= 15 is 0 Å². The van der Waals surface area contributed by atoms with Gasteiger partial charge in [0, 0.05) is 11.6 Å². The molecule has 0 aromatic heterocycles. The van der Waals surface area contributed by atoms with Gasteiger partial charge in [0.05, 0.1) is 10.7 Å². The van der Waals surface area contributed by atoms with Crippen molar-refractivity contribution in [3.63, 3.8) is 0 Å². The summed E-state index contributed by atoms with van der Waals surface area (Å²) in [6.07, 6.45) is 1.60. The Morgan fingerprint density at radius 1 is 1.00 bits per heavy atom. The van der Waals surface area contributed by atoms with Crippen LogP contribution >= 0.6 is 11.6 Å². The van der Waals surface area contributed by atoms with E-state index < -0.39 is 10.0 Å². The van der Waals surface area contributed by atoms with Crippen molar-refractivity contribution in [2.75, 3.05) is 4.72 Å². The van der Waals surface area contributed by atoms with E-state index in [9.17, 15) is 13.2 Å². The number of sulfonamides is 1. The molecule has 5 nitrogen and oxygen atoms in total. The van der Waals surface area contributed by atoms with E-state index in [2.05, 4.69) is 10.0 Å². The number of rotatable bonds is 8. The first-order valence-corrected chi connectivity index (χ1v) is 11.8. The monoisotopic (exact) mass is 456 g/mol. The Kier molecular flexibility index (Phi) is 7.36. The molecular formula is C24H25ClN2O3S. The van der Waals surface area contributed by atoms with Gasteiger partial charge < -0.3 is 5.32 Å². The van der Waals surface area contributed by atoms with Gasteiger partial charge in [-0.3, -0.25) is 9.52 Å². The highest BCUT2D eigenvalue weighted by Gasteiger charge is 2.21. The van der Waals surface area contributed by atoms with Crippen LogP contribution in [-0.2, 0) is 16.4 Å². The smallest absolute Gasteiger partial charge is 0.263 e. The summed E-state index contributed by atoms with van der Waals surface area (Å²) < 4.78 is 28.4. The lowest BCUT2D eigenvalue weighted by atomic mass is 10.1. The lowest BCUT2D eigenvalue weighted by molar-refractivity contribution is 0.0938. The van der Waals surface area contributed by atoms with Crippen molar-refractivity contribution in [3.05, 3.63) is 94.5 Å². The van der Waals surface area contributed by atoms with Gasteiger partial charge in [0.2, 0.25) is 0 Å². The van der Waals surface area contributed by atoms with E-state index in [1.165, 1.54) is 23.8 Å². The molecule has 162 valence electrons. The third-order valence-corrected chi connectivity index (χ3v) is 6.81. The van der Waals surface area contributed by atoms with Crippen molar-refractivity contribution in [1.29, 1.82) is 0 Å². The number of carbonyl (C=O) groups excluding carboxylic acids is 1. The third-order valence-electron chi connectivity index (χ3n) is 4.96. The normalized spacial score (nSPS) is 12.2. The minimum atomic E-state index is -3.96. The van der Waals surface area contributed by atoms with Crippen LogP contribution in [0.5, 0.6) is 0 Å². The topological polar surface area (TPSA) is 75.3 Å². The van der Waals surface area contributed by atoms with Gasteiger partial charge in [0.25, 0.3) is 15.9 Å². The average molecular weight is 457 g/mol. The molecule has 3 aromatic carbocycles. The number of anilines is 1. The maximum Gasteiger partial charge on any atom is 0.263 e. The predicted molar refractivity (Wildman–Crippen MR) is 125 cm³/mol. The molecule has 0 aliphatic carbocycles. The Labute approximate surface area is 188 Å². The SMILES string of the molecule is Cc1ccccc1NS(=O)(=O)c1cc(C(=O)N[C@H](C)CCc2ccccc2)ccc1Cl. The quantitative estimate of drug-likeness (QED) is 0.489. The van der Waals surface area contributed by atoms with Crippen LogP contribution in [0.3, 0.4) is 0 Å². The second-order valence-electron chi connectivity index (χ2n) is 7.46. The van der Waals surface area contributed by atoms with Crippen LogP contribution < -0.4 is 10.0 Å². The first-order valence-electron chi connectivity index (χ1n) is 9.99. The first kappa shape index (κ1) is 22.8. The number of halogens is 1. The summed E-state index contributed by atoms with van der Waals surface area (Å²) in [5.74, 6) is -0.343. The van der Waals surface area contributed by atoms with Gasteiger partial charge in [-0.25, -0.2) is 8.42 Å². The zero-order valence-corrected chi connectivity index (χ0v) is 19.0. The molecule has 0 saturated heterocycles. The van der Waals surface area contributed by atoms with Crippen molar-refractivity contribution >= 4 is 33.2 Å². The van der Waals surface area contributed by atoms with Crippen LogP contribution in [0.1, 0.15) is 34.8 Å². The van der Waals surface area contributed by atoms with Crippen LogP contribution in [0.2, 0.25) is 5.02 Å². The molecule has 3 rings (SSSR count). The molecule has 0 aliphatic heterocycles. The van der Waals surface area contributed by atoms with E-state index in [1.807, 2.05) is 43.3 Å². The van der Waals surface area contributed by atoms with E-state index in [0.717, 1.165) is 18.4 Å². The molecule has 7 heteroatoms. The number of benzene rings is 3. The highest BCUT2D eigenvalue weighted by Crippen LogP contribution is 2.26. The summed E-state index contributed by atoms with van der Waals surface area (Å²) in [7, 11) is -3.96. The van der Waals surface area contributed by atoms with Crippen LogP contribution in [0.15, 0.2) is 77.7 Å². The van der Waals surface area contributed by atoms with Crippen molar-refractivity contribution in [3.8, 4) is 0 Å². The summed E-state index contributed by atoms with van der Waals surface area (Å²) in [5.41, 5.74) is 2.68. The van der Waals surface area contributed by atoms with Gasteiger partial charge in [0.15, 0.2) is 0 Å². The second kappa shape index (κ2) is 9.98. The molecule has 0 fully saturated rings. The summed E-state index contributed by atoms with van der Waals surface area (Å²) >= 11 is 6.16. The van der Waals surface area contributed by atoms with Gasteiger partial charge in [-0.15, -0.1) is 0 Å². The Morgan fingerprint density at radius 3 is 2.39 bits per heavy atom. The minimum absolute atomic E-state index is 0.0507. The second-order valence-corrected chi connectivity index (χ2v) is 9.52. The predicted octanol–water partition coefficient (Wildman–Crippen LogP) is 5.20. The maximum absolute atomic E-state index is 12.9. The largest absolute Gasteiger partial charge is 0.350 e. The number of para-hydroxylation sites is 1. The molecule has 1 amide bonds. The number of amides is 1. The van der Waals surface area contributed by atoms with Crippen molar-refractivity contribution in [2.24, 2.45) is 0 Å². The van der Waals surface area contributed by atoms with Crippen molar-refractivity contribution in [1.82, 2.24) is 5.32 Å². The molecule has 0 heterocycles. The number of aryl methyl sites for hydroxylation is 2. The summed E-state index contributed by atoms with van der Waals surface area (Å²) in [4.78, 5) is 12.6. The fourth-order valence-electron chi connectivity index (χ4n) is 3.14. The lowest BCUT2D eigenvalue weighted by Crippen LogP contribution is -2.33. The van der Waals surface area contributed by atoms with Gasteiger partial charge >= 0.3 is 0 Å². The molecule has 3 aromatic rings. The Balaban J connectivity index is 1.72. The Bertz CT molecular complexity index is 1160. The molecule has 0 saturated carbocycles. The molecule has 0 aliphatic rings. The van der Waals surface area contributed by atoms with Crippen LogP contribution in [0.4, 0.5) is 5.69 Å². The first-order chi connectivity index (χ1) is 14.8. The maximum atomic E-state index is 12.9. The van der Waals surface area contributed by atoms with Crippen LogP contribution in [-0.4, -0.2) is 20.4 Å². The van der Waals surface area contributed by atoms with Gasteiger partial charge in [-0.2, -0.15) is 0 Å². The highest BCUT2D eigenvalue weighted by molar-refractivity contribution is 7.92. The van der Waals surface area contributed by atoms with Crippen LogP contribution in [0, 0.1) is 6.92 Å². The Morgan fingerprint density at radius 2 is 1.68 bits per heavy atom. The zero-order chi connectivity index (χ0) is 22.4. The Hall–Kier alpha value is -2.83. The summed E-state index contributed by atoms with van der Waals surface area (Å²) in [5, 5.41) is 2.98. The minimum Gasteiger partial charge on any atom is -0.350 e. The fourth-order valence-corrected chi connectivity index (χ4v) is 4.80. The number of hydrogen-bond acceptors (Lipinski definition) is 3. The summed E-state index contributed by atoms with van der Waals surface area (Å²) in [6, 6.07) is 21.3. The fraction of sp³-hybridized carbons (Fsp3) is 0.208. The highest BCUT2D eigenvalue weighted by atomic mass is 35.5. The molecule has 0 bridgehead atoms. The van der Waals surface area contributed by atoms with Crippen molar-refractivity contribution < 1.29 is 13.2 Å². The third kappa shape index (κ3) is 6.09. The summed E-state index contributed by atoms with van der Waals surface area (Å²) in [6.45, 7) is 3.73. The van der Waals surface area contributed by atoms with Gasteiger partial charge in [-0.1, -0.05) is 60.1 Å². The molecule has 2 N–H and O–H groups in total. The molecular weight excluding hydrogens is 432 g/mol.